The number of urea groups is 1. The van der Waals surface area contributed by atoms with E-state index in [1.54, 1.807) is 6.07 Å². The van der Waals surface area contributed by atoms with Crippen LogP contribution in [0.15, 0.2) is 24.3 Å². The van der Waals surface area contributed by atoms with Crippen LogP contribution in [0.3, 0.4) is 0 Å². The number of aliphatic carboxylic acids is 1. The maximum absolute atomic E-state index is 11.9. The Hall–Kier alpha value is -1.69. The first-order valence-electron chi connectivity index (χ1n) is 5.99. The van der Waals surface area contributed by atoms with Crippen molar-refractivity contribution in [3.05, 3.63) is 29.8 Å². The molecular formula is C13H16N2O3S. The number of hydrogen-bond acceptors (Lipinski definition) is 3. The van der Waals surface area contributed by atoms with E-state index in [1.807, 2.05) is 25.1 Å². The lowest BCUT2D eigenvalue weighted by Crippen LogP contribution is -2.55. The average Bonchev–Trinajstić information content (AvgIpc) is 2.78. The van der Waals surface area contributed by atoms with Crippen LogP contribution in [-0.4, -0.2) is 34.2 Å². The van der Waals surface area contributed by atoms with Crippen molar-refractivity contribution in [1.82, 2.24) is 5.32 Å². The minimum Gasteiger partial charge on any atom is -0.479 e. The van der Waals surface area contributed by atoms with Gasteiger partial charge in [-0.3, -0.25) is 0 Å². The molecule has 1 aliphatic rings. The summed E-state index contributed by atoms with van der Waals surface area (Å²) in [6.07, 6.45) is 0.453. The standard InChI is InChI=1S/C13H16N2O3S/c1-9-3-2-4-10(7-9)14-12(18)15-13(11(16)17)5-6-19-8-13/h2-4,7H,5-6,8H2,1H3,(H,16,17)(H2,14,15,18). The topological polar surface area (TPSA) is 78.4 Å². The van der Waals surface area contributed by atoms with Gasteiger partial charge in [-0.05, 0) is 36.8 Å². The first-order valence-corrected chi connectivity index (χ1v) is 7.14. The number of thioether (sulfide) groups is 1. The number of hydrogen-bond donors (Lipinski definition) is 3. The number of aryl methyl sites for hydroxylation is 1. The number of anilines is 1. The molecule has 6 heteroatoms. The molecule has 1 aliphatic heterocycles. The fourth-order valence-corrected chi connectivity index (χ4v) is 3.31. The van der Waals surface area contributed by atoms with Crippen LogP contribution >= 0.6 is 11.8 Å². The van der Waals surface area contributed by atoms with Gasteiger partial charge in [-0.25, -0.2) is 9.59 Å². The van der Waals surface area contributed by atoms with Crippen molar-refractivity contribution < 1.29 is 14.7 Å². The second-order valence-corrected chi connectivity index (χ2v) is 5.74. The van der Waals surface area contributed by atoms with E-state index in [0.717, 1.165) is 11.3 Å². The summed E-state index contributed by atoms with van der Waals surface area (Å²) in [6.45, 7) is 1.93. The Bertz CT molecular complexity index is 498. The van der Waals surface area contributed by atoms with Crippen LogP contribution in [0, 0.1) is 6.92 Å². The molecule has 3 N–H and O–H groups in total. The first-order chi connectivity index (χ1) is 9.02. The van der Waals surface area contributed by atoms with Crippen molar-refractivity contribution in [3.8, 4) is 0 Å². The first kappa shape index (κ1) is 13.7. The van der Waals surface area contributed by atoms with E-state index in [1.165, 1.54) is 11.8 Å². The summed E-state index contributed by atoms with van der Waals surface area (Å²) >= 11 is 1.54. The molecule has 1 saturated heterocycles. The summed E-state index contributed by atoms with van der Waals surface area (Å²) in [5, 5.41) is 14.5. The number of carboxylic acid groups (broad SMARTS) is 1. The molecule has 19 heavy (non-hydrogen) atoms. The Balaban J connectivity index is 2.02. The van der Waals surface area contributed by atoms with Gasteiger partial charge in [-0.15, -0.1) is 0 Å². The molecule has 0 saturated carbocycles. The molecule has 1 unspecified atom stereocenters. The van der Waals surface area contributed by atoms with Gasteiger partial charge in [0, 0.05) is 11.4 Å². The lowest BCUT2D eigenvalue weighted by molar-refractivity contribution is -0.143. The van der Waals surface area contributed by atoms with Crippen LogP contribution in [-0.2, 0) is 4.79 Å². The molecule has 1 aromatic rings. The Kier molecular flexibility index (Phi) is 3.99. The second kappa shape index (κ2) is 5.52. The molecule has 5 nitrogen and oxygen atoms in total. The highest BCUT2D eigenvalue weighted by Crippen LogP contribution is 2.28. The number of carbonyl (C=O) groups is 2. The van der Waals surface area contributed by atoms with Crippen LogP contribution in [0.1, 0.15) is 12.0 Å². The summed E-state index contributed by atoms with van der Waals surface area (Å²) in [5.41, 5.74) is 0.546. The van der Waals surface area contributed by atoms with E-state index in [2.05, 4.69) is 10.6 Å². The van der Waals surface area contributed by atoms with Crippen molar-refractivity contribution in [2.75, 3.05) is 16.8 Å². The molecule has 102 valence electrons. The third kappa shape index (κ3) is 3.20. The van der Waals surface area contributed by atoms with Crippen molar-refractivity contribution in [1.29, 1.82) is 0 Å². The van der Waals surface area contributed by atoms with Crippen LogP contribution in [0.5, 0.6) is 0 Å². The van der Waals surface area contributed by atoms with E-state index >= 15 is 0 Å². The fourth-order valence-electron chi connectivity index (χ4n) is 1.99. The predicted octanol–water partition coefficient (Wildman–Crippen LogP) is 2.08. The van der Waals surface area contributed by atoms with Crippen LogP contribution in [0.4, 0.5) is 10.5 Å². The minimum atomic E-state index is -1.14. The van der Waals surface area contributed by atoms with Gasteiger partial charge in [0.2, 0.25) is 0 Å². The van der Waals surface area contributed by atoms with Gasteiger partial charge in [-0.2, -0.15) is 11.8 Å². The minimum absolute atomic E-state index is 0.406. The zero-order chi connectivity index (χ0) is 13.9. The van der Waals surface area contributed by atoms with E-state index in [0.29, 0.717) is 17.9 Å². The van der Waals surface area contributed by atoms with Gasteiger partial charge in [0.1, 0.15) is 5.54 Å². The largest absolute Gasteiger partial charge is 0.479 e. The second-order valence-electron chi connectivity index (χ2n) is 4.64. The monoisotopic (exact) mass is 280 g/mol. The van der Waals surface area contributed by atoms with E-state index < -0.39 is 17.5 Å². The van der Waals surface area contributed by atoms with Gasteiger partial charge < -0.3 is 15.7 Å². The van der Waals surface area contributed by atoms with E-state index in [9.17, 15) is 14.7 Å². The van der Waals surface area contributed by atoms with Crippen molar-refractivity contribution >= 4 is 29.4 Å². The smallest absolute Gasteiger partial charge is 0.330 e. The predicted molar refractivity (Wildman–Crippen MR) is 75.6 cm³/mol. The Morgan fingerprint density at radius 2 is 2.21 bits per heavy atom. The molecule has 1 atom stereocenters. The molecule has 2 amide bonds. The summed E-state index contributed by atoms with van der Waals surface area (Å²) in [4.78, 5) is 23.2. The highest BCUT2D eigenvalue weighted by Gasteiger charge is 2.43. The summed E-state index contributed by atoms with van der Waals surface area (Å²) in [5.74, 6) is 0.178. The Morgan fingerprint density at radius 1 is 1.42 bits per heavy atom. The number of carbonyl (C=O) groups excluding carboxylic acids is 1. The Morgan fingerprint density at radius 3 is 2.79 bits per heavy atom. The molecule has 2 rings (SSSR count). The van der Waals surface area contributed by atoms with Gasteiger partial charge in [-0.1, -0.05) is 12.1 Å². The molecule has 1 fully saturated rings. The zero-order valence-electron chi connectivity index (χ0n) is 10.6. The highest BCUT2D eigenvalue weighted by molar-refractivity contribution is 7.99. The summed E-state index contributed by atoms with van der Waals surface area (Å²) < 4.78 is 0. The number of amides is 2. The lowest BCUT2D eigenvalue weighted by Gasteiger charge is -2.24. The van der Waals surface area contributed by atoms with Crippen molar-refractivity contribution in [3.63, 3.8) is 0 Å². The third-order valence-corrected chi connectivity index (χ3v) is 4.25. The van der Waals surface area contributed by atoms with E-state index in [-0.39, 0.29) is 0 Å². The lowest BCUT2D eigenvalue weighted by atomic mass is 10.00. The molecule has 1 heterocycles. The van der Waals surface area contributed by atoms with Crippen molar-refractivity contribution in [2.45, 2.75) is 18.9 Å². The highest BCUT2D eigenvalue weighted by atomic mass is 32.2. The Labute approximate surface area is 115 Å². The van der Waals surface area contributed by atoms with Gasteiger partial charge in [0.15, 0.2) is 0 Å². The van der Waals surface area contributed by atoms with E-state index in [4.69, 9.17) is 0 Å². The average molecular weight is 280 g/mol. The van der Waals surface area contributed by atoms with Crippen LogP contribution in [0.2, 0.25) is 0 Å². The molecule has 1 aromatic carbocycles. The van der Waals surface area contributed by atoms with Gasteiger partial charge in [0.25, 0.3) is 0 Å². The normalized spacial score (nSPS) is 21.9. The van der Waals surface area contributed by atoms with Gasteiger partial charge >= 0.3 is 12.0 Å². The molecule has 0 radical (unpaired) electrons. The molecule has 0 spiro atoms. The quantitative estimate of drug-likeness (QED) is 0.792. The number of nitrogens with one attached hydrogen (secondary N) is 2. The molecule has 0 aromatic heterocycles. The maximum Gasteiger partial charge on any atom is 0.330 e. The number of carboxylic acids is 1. The molecule has 0 aliphatic carbocycles. The van der Waals surface area contributed by atoms with Crippen LogP contribution in [0.25, 0.3) is 0 Å². The molecular weight excluding hydrogens is 264 g/mol. The number of rotatable bonds is 3. The zero-order valence-corrected chi connectivity index (χ0v) is 11.4. The SMILES string of the molecule is Cc1cccc(NC(=O)NC2(C(=O)O)CCSC2)c1. The van der Waals surface area contributed by atoms with Crippen LogP contribution < -0.4 is 10.6 Å². The summed E-state index contributed by atoms with van der Waals surface area (Å²) in [7, 11) is 0. The third-order valence-electron chi connectivity index (χ3n) is 3.06. The molecule has 0 bridgehead atoms. The maximum atomic E-state index is 11.9. The van der Waals surface area contributed by atoms with Gasteiger partial charge in [0.05, 0.1) is 0 Å². The fraction of sp³-hybridized carbons (Fsp3) is 0.385. The van der Waals surface area contributed by atoms with Crippen molar-refractivity contribution in [2.24, 2.45) is 0 Å². The number of benzene rings is 1. The summed E-state index contributed by atoms with van der Waals surface area (Å²) in [6, 6.07) is 6.88.